The number of aliphatic hydroxyl groups is 1. The van der Waals surface area contributed by atoms with Crippen molar-refractivity contribution < 1.29 is 9.84 Å². The first-order valence-electron chi connectivity index (χ1n) is 6.89. The Kier molecular flexibility index (Phi) is 5.83. The Labute approximate surface area is 117 Å². The predicted molar refractivity (Wildman–Crippen MR) is 79.7 cm³/mol. The molecule has 0 aliphatic heterocycles. The average Bonchev–Trinajstić information content (AvgIpc) is 2.39. The largest absolute Gasteiger partial charge is 0.497 e. The third-order valence-electron chi connectivity index (χ3n) is 3.68. The molecule has 0 saturated carbocycles. The summed E-state index contributed by atoms with van der Waals surface area (Å²) in [6.45, 7) is 9.66. The van der Waals surface area contributed by atoms with E-state index in [0.29, 0.717) is 5.92 Å². The van der Waals surface area contributed by atoms with E-state index in [9.17, 15) is 5.11 Å². The Morgan fingerprint density at radius 1 is 1.21 bits per heavy atom. The highest BCUT2D eigenvalue weighted by atomic mass is 16.5. The molecule has 0 aliphatic carbocycles. The Hall–Kier alpha value is -1.06. The summed E-state index contributed by atoms with van der Waals surface area (Å²) in [7, 11) is 1.68. The number of hydrogen-bond donors (Lipinski definition) is 2. The van der Waals surface area contributed by atoms with Crippen LogP contribution in [0.25, 0.3) is 0 Å². The summed E-state index contributed by atoms with van der Waals surface area (Å²) in [5, 5.41) is 12.8. The van der Waals surface area contributed by atoms with E-state index >= 15 is 0 Å². The minimum absolute atomic E-state index is 0.0224. The molecule has 1 atom stereocenters. The van der Waals surface area contributed by atoms with Crippen molar-refractivity contribution in [2.75, 3.05) is 20.3 Å². The third-order valence-corrected chi connectivity index (χ3v) is 3.68. The molecule has 1 aromatic rings. The minimum Gasteiger partial charge on any atom is -0.497 e. The van der Waals surface area contributed by atoms with Crippen molar-refractivity contribution in [3.8, 4) is 5.75 Å². The van der Waals surface area contributed by atoms with E-state index in [4.69, 9.17) is 4.74 Å². The number of methoxy groups -OCH3 is 1. The minimum atomic E-state index is 0.0224. The molecule has 19 heavy (non-hydrogen) atoms. The summed E-state index contributed by atoms with van der Waals surface area (Å²) in [4.78, 5) is 0. The molecule has 0 aromatic heterocycles. The van der Waals surface area contributed by atoms with E-state index in [1.165, 1.54) is 5.56 Å². The molecule has 0 amide bonds. The van der Waals surface area contributed by atoms with Crippen LogP contribution in [-0.2, 0) is 5.41 Å². The number of nitrogens with one attached hydrogen (secondary N) is 1. The van der Waals surface area contributed by atoms with Crippen LogP contribution in [0.2, 0.25) is 0 Å². The average molecular weight is 265 g/mol. The van der Waals surface area contributed by atoms with E-state index in [1.54, 1.807) is 7.11 Å². The van der Waals surface area contributed by atoms with Crippen molar-refractivity contribution >= 4 is 0 Å². The van der Waals surface area contributed by atoms with Crippen molar-refractivity contribution in [1.82, 2.24) is 5.32 Å². The van der Waals surface area contributed by atoms with Crippen LogP contribution in [0.5, 0.6) is 5.75 Å². The molecule has 1 aromatic carbocycles. The summed E-state index contributed by atoms with van der Waals surface area (Å²) >= 11 is 0. The van der Waals surface area contributed by atoms with E-state index in [2.05, 4.69) is 45.1 Å². The molecule has 0 saturated heterocycles. The lowest BCUT2D eigenvalue weighted by Crippen LogP contribution is -2.43. The van der Waals surface area contributed by atoms with E-state index in [1.807, 2.05) is 12.1 Å². The van der Waals surface area contributed by atoms with Crippen molar-refractivity contribution in [3.63, 3.8) is 0 Å². The summed E-state index contributed by atoms with van der Waals surface area (Å²) in [5.74, 6) is 1.31. The maximum absolute atomic E-state index is 9.35. The van der Waals surface area contributed by atoms with Gasteiger partial charge in [-0.2, -0.15) is 0 Å². The highest BCUT2D eigenvalue weighted by molar-refractivity contribution is 5.31. The maximum Gasteiger partial charge on any atom is 0.118 e. The van der Waals surface area contributed by atoms with Gasteiger partial charge in [0.15, 0.2) is 0 Å². The molecule has 0 heterocycles. The maximum atomic E-state index is 9.35. The molecule has 3 nitrogen and oxygen atoms in total. The first-order chi connectivity index (χ1) is 8.90. The normalized spacial score (nSPS) is 13.6. The Bertz CT molecular complexity index is 371. The molecule has 0 radical (unpaired) electrons. The van der Waals surface area contributed by atoms with Crippen molar-refractivity contribution in [3.05, 3.63) is 29.8 Å². The van der Waals surface area contributed by atoms with Crippen LogP contribution in [0.1, 0.15) is 33.3 Å². The van der Waals surface area contributed by atoms with Crippen molar-refractivity contribution in [1.29, 1.82) is 0 Å². The second kappa shape index (κ2) is 6.92. The molecule has 0 bridgehead atoms. The first-order valence-corrected chi connectivity index (χ1v) is 6.89. The van der Waals surface area contributed by atoms with Gasteiger partial charge in [0.25, 0.3) is 0 Å². The van der Waals surface area contributed by atoms with Crippen LogP contribution >= 0.6 is 0 Å². The summed E-state index contributed by atoms with van der Waals surface area (Å²) in [6.07, 6.45) is 0. The quantitative estimate of drug-likeness (QED) is 0.796. The van der Waals surface area contributed by atoms with Gasteiger partial charge in [0.05, 0.1) is 13.7 Å². The van der Waals surface area contributed by atoms with Gasteiger partial charge >= 0.3 is 0 Å². The topological polar surface area (TPSA) is 41.5 Å². The van der Waals surface area contributed by atoms with Gasteiger partial charge in [0, 0.05) is 18.0 Å². The molecule has 0 fully saturated rings. The van der Waals surface area contributed by atoms with E-state index < -0.39 is 0 Å². The molecular weight excluding hydrogens is 238 g/mol. The van der Waals surface area contributed by atoms with Gasteiger partial charge in [-0.05, 0) is 23.6 Å². The van der Waals surface area contributed by atoms with Crippen LogP contribution in [0, 0.1) is 5.92 Å². The second-order valence-corrected chi connectivity index (χ2v) is 6.03. The van der Waals surface area contributed by atoms with E-state index in [-0.39, 0.29) is 18.1 Å². The van der Waals surface area contributed by atoms with Gasteiger partial charge in [-0.25, -0.2) is 0 Å². The lowest BCUT2D eigenvalue weighted by Gasteiger charge is -2.30. The molecule has 0 spiro atoms. The highest BCUT2D eigenvalue weighted by Gasteiger charge is 2.22. The fourth-order valence-corrected chi connectivity index (χ4v) is 2.04. The predicted octanol–water partition coefficient (Wildman–Crippen LogP) is 2.58. The highest BCUT2D eigenvalue weighted by Crippen LogP contribution is 2.24. The van der Waals surface area contributed by atoms with Crippen LogP contribution in [-0.4, -0.2) is 31.4 Å². The summed E-state index contributed by atoms with van der Waals surface area (Å²) in [6, 6.07) is 8.33. The van der Waals surface area contributed by atoms with Gasteiger partial charge in [0.1, 0.15) is 5.75 Å². The number of rotatable bonds is 7. The van der Waals surface area contributed by atoms with Gasteiger partial charge in [0.2, 0.25) is 0 Å². The Morgan fingerprint density at radius 2 is 1.79 bits per heavy atom. The zero-order chi connectivity index (χ0) is 14.5. The summed E-state index contributed by atoms with van der Waals surface area (Å²) in [5.41, 5.74) is 1.29. The zero-order valence-electron chi connectivity index (χ0n) is 12.7. The molecule has 0 aliphatic rings. The number of benzene rings is 1. The molecule has 1 rings (SSSR count). The SMILES string of the molecule is COc1ccc(C(C)(C)CNC(CO)C(C)C)cc1. The lowest BCUT2D eigenvalue weighted by atomic mass is 9.84. The number of hydrogen-bond acceptors (Lipinski definition) is 3. The standard InChI is InChI=1S/C16H27NO2/c1-12(2)15(10-18)17-11-16(3,4)13-6-8-14(19-5)9-7-13/h6-9,12,15,17-18H,10-11H2,1-5H3. The van der Waals surface area contributed by atoms with Crippen LogP contribution < -0.4 is 10.1 Å². The van der Waals surface area contributed by atoms with Crippen molar-refractivity contribution in [2.24, 2.45) is 5.92 Å². The monoisotopic (exact) mass is 265 g/mol. The van der Waals surface area contributed by atoms with E-state index in [0.717, 1.165) is 12.3 Å². The molecule has 3 heteroatoms. The molecule has 1 unspecified atom stereocenters. The summed E-state index contributed by atoms with van der Waals surface area (Å²) < 4.78 is 5.18. The zero-order valence-corrected chi connectivity index (χ0v) is 12.7. The van der Waals surface area contributed by atoms with Gasteiger partial charge in [-0.1, -0.05) is 39.8 Å². The molecular formula is C16H27NO2. The lowest BCUT2D eigenvalue weighted by molar-refractivity contribution is 0.204. The van der Waals surface area contributed by atoms with Gasteiger partial charge in [-0.15, -0.1) is 0 Å². The molecule has 2 N–H and O–H groups in total. The van der Waals surface area contributed by atoms with Crippen LogP contribution in [0.4, 0.5) is 0 Å². The van der Waals surface area contributed by atoms with Crippen LogP contribution in [0.15, 0.2) is 24.3 Å². The number of aliphatic hydroxyl groups excluding tert-OH is 1. The fraction of sp³-hybridized carbons (Fsp3) is 0.625. The third kappa shape index (κ3) is 4.51. The van der Waals surface area contributed by atoms with Gasteiger partial charge < -0.3 is 15.2 Å². The Morgan fingerprint density at radius 3 is 2.21 bits per heavy atom. The van der Waals surface area contributed by atoms with Gasteiger partial charge in [-0.3, -0.25) is 0 Å². The first kappa shape index (κ1) is 16.0. The smallest absolute Gasteiger partial charge is 0.118 e. The number of ether oxygens (including phenoxy) is 1. The fourth-order valence-electron chi connectivity index (χ4n) is 2.04. The van der Waals surface area contributed by atoms with Crippen molar-refractivity contribution in [2.45, 2.75) is 39.2 Å². The molecule has 108 valence electrons. The second-order valence-electron chi connectivity index (χ2n) is 6.03. The Balaban J connectivity index is 2.68. The van der Waals surface area contributed by atoms with Crippen LogP contribution in [0.3, 0.4) is 0 Å².